The smallest absolute Gasteiger partial charge is 0.303 e. The van der Waals surface area contributed by atoms with E-state index in [9.17, 15) is 75.0 Å². The summed E-state index contributed by atoms with van der Waals surface area (Å²) >= 11 is 32.7. The van der Waals surface area contributed by atoms with Crippen molar-refractivity contribution in [2.24, 2.45) is 29.6 Å². The quantitative estimate of drug-likeness (QED) is 0.00744. The molecule has 5 saturated carbocycles. The summed E-state index contributed by atoms with van der Waals surface area (Å²) in [6, 6.07) is 40.0. The Hall–Kier alpha value is -6.46. The molecule has 5 aromatic rings. The van der Waals surface area contributed by atoms with Crippen molar-refractivity contribution in [3.8, 4) is 11.8 Å². The number of aliphatic hydroxyl groups excluding tert-OH is 10. The van der Waals surface area contributed by atoms with Gasteiger partial charge in [-0.05, 0) is 220 Å². The first kappa shape index (κ1) is 127. The maximum Gasteiger partial charge on any atom is 0.303 e. The van der Waals surface area contributed by atoms with Crippen LogP contribution in [-0.4, -0.2) is 164 Å². The number of aliphatic carboxylic acids is 5. The molecule has 0 saturated heterocycles. The Morgan fingerprint density at radius 3 is 0.752 bits per heavy atom. The summed E-state index contributed by atoms with van der Waals surface area (Å²) < 4.78 is 0. The number of benzene rings is 5. The molecule has 0 unspecified atom stereocenters. The molecular weight excluding hydrogens is 1940 g/mol. The van der Waals surface area contributed by atoms with Gasteiger partial charge in [-0.1, -0.05) is 315 Å². The summed E-state index contributed by atoms with van der Waals surface area (Å²) in [5.41, 5.74) is 10.00. The predicted molar refractivity (Wildman–Crippen MR) is 585 cm³/mol. The lowest BCUT2D eigenvalue weighted by Crippen LogP contribution is -2.19. The first-order valence-electron chi connectivity index (χ1n) is 55.0. The minimum atomic E-state index is -0.800. The Morgan fingerprint density at radius 2 is 0.497 bits per heavy atom. The number of alkyl halides is 5. The van der Waals surface area contributed by atoms with Gasteiger partial charge in [0, 0.05) is 101 Å². The molecule has 15 N–H and O–H groups in total. The van der Waals surface area contributed by atoms with Gasteiger partial charge in [-0.3, -0.25) is 24.0 Å². The van der Waals surface area contributed by atoms with Crippen LogP contribution in [0.5, 0.6) is 0 Å². The second-order valence-corrected chi connectivity index (χ2v) is 44.2. The maximum atomic E-state index is 10.6. The normalized spacial score (nSPS) is 25.2. The zero-order chi connectivity index (χ0) is 106. The van der Waals surface area contributed by atoms with Crippen LogP contribution in [0.3, 0.4) is 0 Å². The lowest BCUT2D eigenvalue weighted by atomic mass is 9.83. The second-order valence-electron chi connectivity index (χ2n) is 41.4. The van der Waals surface area contributed by atoms with Crippen molar-refractivity contribution in [1.82, 2.24) is 0 Å². The van der Waals surface area contributed by atoms with E-state index in [1.54, 1.807) is 0 Å². The average molecular weight is 2120 g/mol. The Kier molecular flexibility index (Phi) is 63.3. The van der Waals surface area contributed by atoms with Crippen molar-refractivity contribution in [3.05, 3.63) is 201 Å². The molecule has 0 bridgehead atoms. The number of hydrogen-bond donors (Lipinski definition) is 15. The van der Waals surface area contributed by atoms with Gasteiger partial charge in [-0.25, -0.2) is 0 Å². The largest absolute Gasteiger partial charge is 0.481 e. The summed E-state index contributed by atoms with van der Waals surface area (Å²) in [4.78, 5) is 52.9. The number of carboxylic acid groups (broad SMARTS) is 5. The van der Waals surface area contributed by atoms with Crippen LogP contribution in [0.2, 0.25) is 0 Å². The molecule has 0 aromatic heterocycles. The molecular formula is C120H177Cl5O20. The first-order valence-corrected chi connectivity index (χ1v) is 57.2. The molecule has 5 aliphatic carbocycles. The SMILES string of the molecule is CCCCC[C@@H](O)c1ccc([C@@H]2[C@@H](C/C=C\CCCC(=O)O)[C@H](Cl)C[C@H]2O)cc1.CCCCC[C@@H](O)c1ccc([C@@H]2[C@@H](CCCCCCC(=O)O)[C@H](Cl)C[C@H]2O)cc1.CCCCC[C@H](O)c1ccc([C@@H]2[C@@H](C/C=C\CCCC(=O)O)[C@H](Cl)C[C@H]2O)cc1.CCCCC[C@H](O)c1ccc([C@@H]2[C@@H](CC#CCCCC(=O)O)[C@H](Cl)C[C@H]2O)cc1.CCCCC[C@H](O)c1ccc([C@@H]2[C@@H](CCCCCCC(=O)O)[C@H](Cl)C[C@H]2O)cc1. The lowest BCUT2D eigenvalue weighted by Gasteiger charge is -2.24. The maximum absolute atomic E-state index is 10.6. The number of allylic oxidation sites excluding steroid dienone is 4. The van der Waals surface area contributed by atoms with Crippen molar-refractivity contribution in [2.45, 2.75) is 467 Å². The zero-order valence-electron chi connectivity index (χ0n) is 87.1. The van der Waals surface area contributed by atoms with E-state index >= 15 is 0 Å². The molecule has 145 heavy (non-hydrogen) atoms. The molecule has 0 amide bonds. The number of unbranched alkanes of at least 4 members (excludes halogenated alkanes) is 19. The molecule has 0 spiro atoms. The fraction of sp³-hybridized carbons (Fsp3) is 0.658. The highest BCUT2D eigenvalue weighted by atomic mass is 35.5. The summed E-state index contributed by atoms with van der Waals surface area (Å²) in [6.07, 6.45) is 43.1. The Balaban J connectivity index is 0.000000277. The highest BCUT2D eigenvalue weighted by Crippen LogP contribution is 2.51. The number of carbonyl (C=O) groups is 5. The number of carboxylic acids is 5. The number of rotatable bonds is 60. The molecule has 812 valence electrons. The molecule has 0 radical (unpaired) electrons. The lowest BCUT2D eigenvalue weighted by molar-refractivity contribution is -0.138. The van der Waals surface area contributed by atoms with Gasteiger partial charge in [0.05, 0.1) is 61.0 Å². The van der Waals surface area contributed by atoms with Gasteiger partial charge in [-0.15, -0.1) is 69.8 Å². The van der Waals surface area contributed by atoms with Crippen LogP contribution >= 0.6 is 58.0 Å². The summed E-state index contributed by atoms with van der Waals surface area (Å²) in [6.45, 7) is 10.8. The van der Waals surface area contributed by atoms with Crippen LogP contribution in [0, 0.1) is 41.4 Å². The van der Waals surface area contributed by atoms with Crippen LogP contribution in [-0.2, 0) is 24.0 Å². The Morgan fingerprint density at radius 1 is 0.276 bits per heavy atom. The van der Waals surface area contributed by atoms with Crippen LogP contribution in [0.1, 0.15) is 465 Å². The number of hydrogen-bond acceptors (Lipinski definition) is 15. The summed E-state index contributed by atoms with van der Waals surface area (Å²) in [7, 11) is 0. The Bertz CT molecular complexity index is 4270. The summed E-state index contributed by atoms with van der Waals surface area (Å²) in [5, 5.41) is 148. The van der Waals surface area contributed by atoms with Crippen LogP contribution < -0.4 is 0 Å². The third kappa shape index (κ3) is 46.3. The van der Waals surface area contributed by atoms with E-state index in [0.717, 1.165) is 274 Å². The standard InChI is InChI=1S/2C24H37ClO4.2C24H35ClO4.C24H33ClO4/c5*1-2-3-6-10-21(26)17-12-14-18(15-13-17)24-19(20(25)16-22(24)27)9-7-4-5-8-11-23(28)29/h2*12-15,19-22,24,26-27H,2-11,16H2,1H3,(H,28,29);2*4,7,12-15,19-22,24,26-27H,2-3,5-6,8-11,16H2,1H3,(H,28,29);12-15,19-22,24,26-27H,2-3,5-6,8-11,16H2,1H3,(H,28,29)/b;;2*7-4-;/t19-,20+,21+,22+,24+;19-,20+,21-,22+,24+;19-,20+,21+,22+,24+;2*19-,20+,21-,22+,24+/m00000/s1. The van der Waals surface area contributed by atoms with Gasteiger partial charge in [0.1, 0.15) is 0 Å². The van der Waals surface area contributed by atoms with Gasteiger partial charge in [0.15, 0.2) is 0 Å². The molecule has 5 fully saturated rings. The highest BCUT2D eigenvalue weighted by Gasteiger charge is 2.47. The van der Waals surface area contributed by atoms with Gasteiger partial charge in [0.2, 0.25) is 0 Å². The van der Waals surface area contributed by atoms with Crippen molar-refractivity contribution >= 4 is 87.9 Å². The zero-order valence-corrected chi connectivity index (χ0v) is 90.9. The van der Waals surface area contributed by atoms with E-state index < -0.39 is 90.9 Å². The van der Waals surface area contributed by atoms with Gasteiger partial charge in [0.25, 0.3) is 0 Å². The second kappa shape index (κ2) is 72.1. The van der Waals surface area contributed by atoms with Gasteiger partial charge in [-0.2, -0.15) is 0 Å². The van der Waals surface area contributed by atoms with Crippen molar-refractivity contribution in [3.63, 3.8) is 0 Å². The van der Waals surface area contributed by atoms with Crippen LogP contribution in [0.25, 0.3) is 0 Å². The van der Waals surface area contributed by atoms with Crippen molar-refractivity contribution < 1.29 is 101 Å². The van der Waals surface area contributed by atoms with Gasteiger partial charge >= 0.3 is 29.8 Å². The molecule has 0 aliphatic heterocycles. The minimum Gasteiger partial charge on any atom is -0.481 e. The van der Waals surface area contributed by atoms with Crippen molar-refractivity contribution in [2.75, 3.05) is 0 Å². The molecule has 20 nitrogen and oxygen atoms in total. The molecule has 5 aliphatic rings. The van der Waals surface area contributed by atoms with Crippen LogP contribution in [0.4, 0.5) is 0 Å². The molecule has 25 atom stereocenters. The monoisotopic (exact) mass is 2110 g/mol. The van der Waals surface area contributed by atoms with E-state index in [4.69, 9.17) is 83.5 Å². The van der Waals surface area contributed by atoms with Gasteiger partial charge < -0.3 is 76.6 Å². The van der Waals surface area contributed by atoms with E-state index in [0.29, 0.717) is 64.2 Å². The van der Waals surface area contributed by atoms with Crippen molar-refractivity contribution in [1.29, 1.82) is 0 Å². The highest BCUT2D eigenvalue weighted by molar-refractivity contribution is 6.22. The van der Waals surface area contributed by atoms with Crippen LogP contribution in [0.15, 0.2) is 146 Å². The van der Waals surface area contributed by atoms with E-state index in [-0.39, 0.29) is 118 Å². The fourth-order valence-electron chi connectivity index (χ4n) is 21.8. The topological polar surface area (TPSA) is 389 Å². The molecule has 25 heteroatoms. The average Bonchev–Trinajstić information content (AvgIpc) is 1.68. The Labute approximate surface area is 891 Å². The predicted octanol–water partition coefficient (Wildman–Crippen LogP) is 27.8. The third-order valence-corrected chi connectivity index (χ3v) is 32.7. The minimum absolute atomic E-state index is 0.0209. The van der Waals surface area contributed by atoms with E-state index in [2.05, 4.69) is 58.6 Å². The first-order chi connectivity index (χ1) is 69.7. The molecule has 5 aromatic carbocycles. The van der Waals surface area contributed by atoms with E-state index in [1.165, 1.54) is 0 Å². The third-order valence-electron chi connectivity index (χ3n) is 30.2. The molecule has 10 rings (SSSR count). The van der Waals surface area contributed by atoms with E-state index in [1.807, 2.05) is 133 Å². The molecule has 0 heterocycles. The number of aliphatic hydroxyl groups is 10. The number of halogens is 5. The fourth-order valence-corrected chi connectivity index (χ4v) is 24.1. The summed E-state index contributed by atoms with van der Waals surface area (Å²) in [5.74, 6) is 3.11.